The first-order valence-electron chi connectivity index (χ1n) is 7.85. The lowest BCUT2D eigenvalue weighted by molar-refractivity contribution is 0.438. The first-order chi connectivity index (χ1) is 10.8. The summed E-state index contributed by atoms with van der Waals surface area (Å²) in [7, 11) is 0. The standard InChI is InChI=1S/C20H22N2/c1-17-7-9-19(10-8-17)14-20(15-22-12-11-21-16-22)13-18-5-3-2-4-6-18/h2-12,16,20H,13-15H2,1H3. The number of benzene rings is 2. The summed E-state index contributed by atoms with van der Waals surface area (Å²) in [4.78, 5) is 4.16. The van der Waals surface area contributed by atoms with Gasteiger partial charge in [-0.15, -0.1) is 0 Å². The number of hydrogen-bond donors (Lipinski definition) is 0. The second kappa shape index (κ2) is 7.08. The van der Waals surface area contributed by atoms with Gasteiger partial charge in [-0.2, -0.15) is 0 Å². The summed E-state index contributed by atoms with van der Waals surface area (Å²) in [5.41, 5.74) is 4.13. The van der Waals surface area contributed by atoms with Gasteiger partial charge in [-0.3, -0.25) is 0 Å². The van der Waals surface area contributed by atoms with Crippen molar-refractivity contribution in [1.82, 2.24) is 9.55 Å². The molecule has 3 aromatic rings. The maximum Gasteiger partial charge on any atom is 0.0946 e. The van der Waals surface area contributed by atoms with Crippen LogP contribution in [0.1, 0.15) is 16.7 Å². The molecule has 0 fully saturated rings. The third kappa shape index (κ3) is 4.08. The van der Waals surface area contributed by atoms with Crippen molar-refractivity contribution in [2.24, 2.45) is 5.92 Å². The van der Waals surface area contributed by atoms with Gasteiger partial charge in [0.1, 0.15) is 0 Å². The molecule has 2 aromatic carbocycles. The molecule has 0 bridgehead atoms. The Morgan fingerprint density at radius 3 is 2.23 bits per heavy atom. The van der Waals surface area contributed by atoms with Crippen molar-refractivity contribution >= 4 is 0 Å². The van der Waals surface area contributed by atoms with Crippen LogP contribution in [0, 0.1) is 12.8 Å². The summed E-state index contributed by atoms with van der Waals surface area (Å²) < 4.78 is 2.18. The normalized spacial score (nSPS) is 12.2. The minimum atomic E-state index is 0.569. The smallest absolute Gasteiger partial charge is 0.0946 e. The van der Waals surface area contributed by atoms with Gasteiger partial charge in [0.05, 0.1) is 6.33 Å². The molecular formula is C20H22N2. The summed E-state index contributed by atoms with van der Waals surface area (Å²) in [5, 5.41) is 0. The highest BCUT2D eigenvalue weighted by Crippen LogP contribution is 2.17. The van der Waals surface area contributed by atoms with E-state index >= 15 is 0 Å². The van der Waals surface area contributed by atoms with Crippen molar-refractivity contribution in [2.75, 3.05) is 0 Å². The van der Waals surface area contributed by atoms with Crippen LogP contribution in [0.5, 0.6) is 0 Å². The molecule has 1 unspecified atom stereocenters. The first kappa shape index (κ1) is 14.6. The van der Waals surface area contributed by atoms with E-state index in [0.717, 1.165) is 19.4 Å². The van der Waals surface area contributed by atoms with Crippen LogP contribution in [-0.4, -0.2) is 9.55 Å². The molecule has 112 valence electrons. The quantitative estimate of drug-likeness (QED) is 0.662. The second-order valence-electron chi connectivity index (χ2n) is 6.00. The van der Waals surface area contributed by atoms with Crippen LogP contribution in [-0.2, 0) is 19.4 Å². The summed E-state index contributed by atoms with van der Waals surface area (Å²) in [6.45, 7) is 3.14. The lowest BCUT2D eigenvalue weighted by Gasteiger charge is -2.18. The van der Waals surface area contributed by atoms with E-state index in [1.54, 1.807) is 0 Å². The molecule has 0 amide bonds. The predicted molar refractivity (Wildman–Crippen MR) is 90.7 cm³/mol. The predicted octanol–water partition coefficient (Wildman–Crippen LogP) is 4.29. The summed E-state index contributed by atoms with van der Waals surface area (Å²) >= 11 is 0. The average molecular weight is 290 g/mol. The fraction of sp³-hybridized carbons (Fsp3) is 0.250. The van der Waals surface area contributed by atoms with E-state index in [1.807, 2.05) is 18.7 Å². The molecule has 1 heterocycles. The zero-order valence-electron chi connectivity index (χ0n) is 13.0. The molecule has 0 spiro atoms. The number of nitrogens with zero attached hydrogens (tertiary/aromatic N) is 2. The molecule has 0 saturated carbocycles. The zero-order chi connectivity index (χ0) is 15.2. The Morgan fingerprint density at radius 1 is 0.909 bits per heavy atom. The summed E-state index contributed by atoms with van der Waals surface area (Å²) in [5.74, 6) is 0.569. The number of rotatable bonds is 6. The van der Waals surface area contributed by atoms with Crippen molar-refractivity contribution in [3.63, 3.8) is 0 Å². The third-order valence-electron chi connectivity index (χ3n) is 4.04. The summed E-state index contributed by atoms with van der Waals surface area (Å²) in [6, 6.07) is 19.7. The Balaban J connectivity index is 1.74. The maximum atomic E-state index is 4.16. The lowest BCUT2D eigenvalue weighted by atomic mass is 9.92. The van der Waals surface area contributed by atoms with E-state index in [9.17, 15) is 0 Å². The maximum absolute atomic E-state index is 4.16. The average Bonchev–Trinajstić information content (AvgIpc) is 3.03. The van der Waals surface area contributed by atoms with Gasteiger partial charge in [-0.1, -0.05) is 60.2 Å². The zero-order valence-corrected chi connectivity index (χ0v) is 13.0. The molecule has 3 rings (SSSR count). The fourth-order valence-corrected chi connectivity index (χ4v) is 2.90. The number of aromatic nitrogens is 2. The molecule has 2 nitrogen and oxygen atoms in total. The molecule has 0 radical (unpaired) electrons. The van der Waals surface area contributed by atoms with Gasteiger partial charge in [0.25, 0.3) is 0 Å². The molecule has 0 aliphatic carbocycles. The van der Waals surface area contributed by atoms with Gasteiger partial charge in [-0.25, -0.2) is 4.98 Å². The number of aryl methyl sites for hydroxylation is 1. The van der Waals surface area contributed by atoms with Crippen molar-refractivity contribution in [1.29, 1.82) is 0 Å². The summed E-state index contributed by atoms with van der Waals surface area (Å²) in [6.07, 6.45) is 7.99. The van der Waals surface area contributed by atoms with Gasteiger partial charge in [-0.05, 0) is 36.8 Å². The van der Waals surface area contributed by atoms with Crippen molar-refractivity contribution in [3.8, 4) is 0 Å². The van der Waals surface area contributed by atoms with Crippen LogP contribution >= 0.6 is 0 Å². The van der Waals surface area contributed by atoms with Crippen LogP contribution in [0.15, 0.2) is 73.3 Å². The molecule has 0 aliphatic rings. The Hall–Kier alpha value is -2.35. The van der Waals surface area contributed by atoms with Crippen molar-refractivity contribution in [2.45, 2.75) is 26.3 Å². The minimum absolute atomic E-state index is 0.569. The molecule has 1 aromatic heterocycles. The van der Waals surface area contributed by atoms with E-state index in [2.05, 4.69) is 71.1 Å². The molecule has 0 saturated heterocycles. The van der Waals surface area contributed by atoms with Crippen LogP contribution in [0.3, 0.4) is 0 Å². The molecule has 0 aliphatic heterocycles. The molecule has 0 N–H and O–H groups in total. The Bertz CT molecular complexity index is 669. The highest BCUT2D eigenvalue weighted by Gasteiger charge is 2.12. The Labute approximate surface area is 132 Å². The minimum Gasteiger partial charge on any atom is -0.337 e. The first-order valence-corrected chi connectivity index (χ1v) is 7.85. The van der Waals surface area contributed by atoms with Crippen molar-refractivity contribution in [3.05, 3.63) is 90.0 Å². The highest BCUT2D eigenvalue weighted by molar-refractivity contribution is 5.22. The van der Waals surface area contributed by atoms with E-state index in [0.29, 0.717) is 5.92 Å². The van der Waals surface area contributed by atoms with Crippen molar-refractivity contribution < 1.29 is 0 Å². The highest BCUT2D eigenvalue weighted by atomic mass is 15.0. The largest absolute Gasteiger partial charge is 0.337 e. The van der Waals surface area contributed by atoms with Crippen LogP contribution < -0.4 is 0 Å². The Morgan fingerprint density at radius 2 is 1.59 bits per heavy atom. The van der Waals surface area contributed by atoms with Gasteiger partial charge in [0.2, 0.25) is 0 Å². The molecular weight excluding hydrogens is 268 g/mol. The second-order valence-corrected chi connectivity index (χ2v) is 6.00. The molecule has 2 heteroatoms. The Kier molecular flexibility index (Phi) is 4.69. The van der Waals surface area contributed by atoms with Crippen LogP contribution in [0.25, 0.3) is 0 Å². The van der Waals surface area contributed by atoms with E-state index in [1.165, 1.54) is 16.7 Å². The fourth-order valence-electron chi connectivity index (χ4n) is 2.90. The van der Waals surface area contributed by atoms with Gasteiger partial charge < -0.3 is 4.57 Å². The van der Waals surface area contributed by atoms with Gasteiger partial charge >= 0.3 is 0 Å². The topological polar surface area (TPSA) is 17.8 Å². The SMILES string of the molecule is Cc1ccc(CC(Cc2ccccc2)Cn2ccnc2)cc1. The van der Waals surface area contributed by atoms with Crippen LogP contribution in [0.4, 0.5) is 0 Å². The van der Waals surface area contributed by atoms with Gasteiger partial charge in [0.15, 0.2) is 0 Å². The van der Waals surface area contributed by atoms with E-state index < -0.39 is 0 Å². The third-order valence-corrected chi connectivity index (χ3v) is 4.04. The van der Waals surface area contributed by atoms with Gasteiger partial charge in [0, 0.05) is 18.9 Å². The van der Waals surface area contributed by atoms with E-state index in [4.69, 9.17) is 0 Å². The molecule has 1 atom stereocenters. The molecule has 22 heavy (non-hydrogen) atoms. The lowest BCUT2D eigenvalue weighted by Crippen LogP contribution is -2.15. The number of hydrogen-bond acceptors (Lipinski definition) is 1. The van der Waals surface area contributed by atoms with Crippen LogP contribution in [0.2, 0.25) is 0 Å². The number of imidazole rings is 1. The monoisotopic (exact) mass is 290 g/mol. The van der Waals surface area contributed by atoms with E-state index in [-0.39, 0.29) is 0 Å².